The first-order valence-electron chi connectivity index (χ1n) is 6.50. The van der Waals surface area contributed by atoms with Gasteiger partial charge in [-0.3, -0.25) is 9.59 Å². The van der Waals surface area contributed by atoms with Gasteiger partial charge in [0.25, 0.3) is 0 Å². The standard InChI is InChI=1S/C14H20N2O4/c17-9-7-12(18)14(20)16-10-13(19)15-8-6-11-4-2-1-3-5-11/h1-5,12,17-18H,6-10H2,(H,15,19)(H,16,20). The predicted molar refractivity (Wildman–Crippen MR) is 73.9 cm³/mol. The molecule has 2 amide bonds. The van der Waals surface area contributed by atoms with Crippen LogP contribution < -0.4 is 10.6 Å². The highest BCUT2D eigenvalue weighted by Gasteiger charge is 2.14. The minimum absolute atomic E-state index is 0.0402. The summed E-state index contributed by atoms with van der Waals surface area (Å²) in [6.45, 7) is 0.0197. The molecule has 0 radical (unpaired) electrons. The van der Waals surface area contributed by atoms with Gasteiger partial charge in [-0.15, -0.1) is 0 Å². The molecular formula is C14H20N2O4. The van der Waals surface area contributed by atoms with Gasteiger partial charge in [-0.25, -0.2) is 0 Å². The van der Waals surface area contributed by atoms with E-state index >= 15 is 0 Å². The fraction of sp³-hybridized carbons (Fsp3) is 0.429. The molecule has 6 heteroatoms. The Morgan fingerprint density at radius 2 is 1.85 bits per heavy atom. The lowest BCUT2D eigenvalue weighted by atomic mass is 10.1. The summed E-state index contributed by atoms with van der Waals surface area (Å²) in [4.78, 5) is 22.7. The Balaban J connectivity index is 2.16. The molecule has 1 atom stereocenters. The monoisotopic (exact) mass is 280 g/mol. The Bertz CT molecular complexity index is 422. The molecule has 1 aromatic carbocycles. The second-order valence-corrected chi connectivity index (χ2v) is 4.33. The minimum atomic E-state index is -1.28. The Kier molecular flexibility index (Phi) is 7.31. The molecule has 1 rings (SSSR count). The molecule has 0 saturated heterocycles. The third-order valence-electron chi connectivity index (χ3n) is 2.71. The molecule has 0 aliphatic rings. The Hall–Kier alpha value is -1.92. The van der Waals surface area contributed by atoms with Crippen LogP contribution >= 0.6 is 0 Å². The lowest BCUT2D eigenvalue weighted by molar-refractivity contribution is -0.132. The van der Waals surface area contributed by atoms with E-state index in [0.717, 1.165) is 5.56 Å². The number of carbonyl (C=O) groups excluding carboxylic acids is 2. The van der Waals surface area contributed by atoms with Crippen LogP contribution in [-0.4, -0.2) is 47.8 Å². The van der Waals surface area contributed by atoms with Crippen LogP contribution in [0.1, 0.15) is 12.0 Å². The Morgan fingerprint density at radius 1 is 1.15 bits per heavy atom. The van der Waals surface area contributed by atoms with E-state index in [1.165, 1.54) is 0 Å². The van der Waals surface area contributed by atoms with Crippen molar-refractivity contribution in [3.05, 3.63) is 35.9 Å². The zero-order chi connectivity index (χ0) is 14.8. The molecule has 1 unspecified atom stereocenters. The van der Waals surface area contributed by atoms with Gasteiger partial charge in [-0.1, -0.05) is 30.3 Å². The maximum Gasteiger partial charge on any atom is 0.249 e. The molecular weight excluding hydrogens is 260 g/mol. The molecule has 0 spiro atoms. The number of benzene rings is 1. The number of amides is 2. The van der Waals surface area contributed by atoms with E-state index in [4.69, 9.17) is 5.11 Å². The van der Waals surface area contributed by atoms with E-state index in [0.29, 0.717) is 13.0 Å². The Labute approximate surface area is 117 Å². The van der Waals surface area contributed by atoms with Crippen molar-refractivity contribution in [2.75, 3.05) is 19.7 Å². The van der Waals surface area contributed by atoms with Crippen molar-refractivity contribution < 1.29 is 19.8 Å². The number of carbonyl (C=O) groups is 2. The van der Waals surface area contributed by atoms with Crippen molar-refractivity contribution in [1.29, 1.82) is 0 Å². The largest absolute Gasteiger partial charge is 0.396 e. The highest BCUT2D eigenvalue weighted by Crippen LogP contribution is 1.97. The summed E-state index contributed by atoms with van der Waals surface area (Å²) in [6, 6.07) is 9.73. The first-order chi connectivity index (χ1) is 9.63. The van der Waals surface area contributed by atoms with Crippen molar-refractivity contribution >= 4 is 11.8 Å². The van der Waals surface area contributed by atoms with Crippen molar-refractivity contribution in [2.24, 2.45) is 0 Å². The van der Waals surface area contributed by atoms with E-state index in [-0.39, 0.29) is 25.5 Å². The van der Waals surface area contributed by atoms with E-state index in [1.54, 1.807) is 0 Å². The van der Waals surface area contributed by atoms with Crippen molar-refractivity contribution in [3.8, 4) is 0 Å². The SMILES string of the molecule is O=C(CNC(=O)C(O)CCO)NCCc1ccccc1. The summed E-state index contributed by atoms with van der Waals surface area (Å²) in [5.41, 5.74) is 1.12. The summed E-state index contributed by atoms with van der Waals surface area (Å²) in [5, 5.41) is 22.8. The molecule has 4 N–H and O–H groups in total. The maximum absolute atomic E-state index is 11.5. The molecule has 0 aromatic heterocycles. The van der Waals surface area contributed by atoms with E-state index in [9.17, 15) is 14.7 Å². The van der Waals surface area contributed by atoms with E-state index in [1.807, 2.05) is 30.3 Å². The van der Waals surface area contributed by atoms with Crippen molar-refractivity contribution in [2.45, 2.75) is 18.9 Å². The van der Waals surface area contributed by atoms with Gasteiger partial charge in [0.15, 0.2) is 0 Å². The van der Waals surface area contributed by atoms with E-state index in [2.05, 4.69) is 10.6 Å². The molecule has 0 heterocycles. The lowest BCUT2D eigenvalue weighted by Crippen LogP contribution is -2.42. The van der Waals surface area contributed by atoms with Crippen LogP contribution in [0.2, 0.25) is 0 Å². The zero-order valence-corrected chi connectivity index (χ0v) is 11.2. The van der Waals surface area contributed by atoms with Crippen LogP contribution in [0.5, 0.6) is 0 Å². The highest BCUT2D eigenvalue weighted by molar-refractivity contribution is 5.86. The van der Waals surface area contributed by atoms with Crippen LogP contribution in [0.25, 0.3) is 0 Å². The fourth-order valence-electron chi connectivity index (χ4n) is 1.59. The molecule has 0 saturated carbocycles. The average Bonchev–Trinajstić information content (AvgIpc) is 2.46. The number of aliphatic hydroxyl groups excluding tert-OH is 2. The number of hydrogen-bond acceptors (Lipinski definition) is 4. The summed E-state index contributed by atoms with van der Waals surface area (Å²) < 4.78 is 0. The third kappa shape index (κ3) is 6.31. The molecule has 6 nitrogen and oxygen atoms in total. The fourth-order valence-corrected chi connectivity index (χ4v) is 1.59. The maximum atomic E-state index is 11.5. The summed E-state index contributed by atoms with van der Waals surface area (Å²) in [7, 11) is 0. The van der Waals surface area contributed by atoms with Gasteiger partial charge in [-0.05, 0) is 12.0 Å². The smallest absolute Gasteiger partial charge is 0.249 e. The van der Waals surface area contributed by atoms with Crippen LogP contribution in [0.4, 0.5) is 0 Å². The highest BCUT2D eigenvalue weighted by atomic mass is 16.3. The Morgan fingerprint density at radius 3 is 2.50 bits per heavy atom. The van der Waals surface area contributed by atoms with Gasteiger partial charge in [0.1, 0.15) is 6.10 Å². The number of hydrogen-bond donors (Lipinski definition) is 4. The summed E-state index contributed by atoms with van der Waals surface area (Å²) in [5.74, 6) is -0.970. The van der Waals surface area contributed by atoms with Gasteiger partial charge < -0.3 is 20.8 Å². The van der Waals surface area contributed by atoms with Crippen molar-refractivity contribution in [1.82, 2.24) is 10.6 Å². The summed E-state index contributed by atoms with van der Waals surface area (Å²) >= 11 is 0. The quantitative estimate of drug-likeness (QED) is 0.501. The number of rotatable bonds is 8. The molecule has 0 aliphatic carbocycles. The van der Waals surface area contributed by atoms with Crippen LogP contribution in [0.3, 0.4) is 0 Å². The lowest BCUT2D eigenvalue weighted by Gasteiger charge is -2.10. The van der Waals surface area contributed by atoms with Gasteiger partial charge in [0, 0.05) is 19.6 Å². The first kappa shape index (κ1) is 16.1. The topological polar surface area (TPSA) is 98.7 Å². The zero-order valence-electron chi connectivity index (χ0n) is 11.2. The third-order valence-corrected chi connectivity index (χ3v) is 2.71. The number of nitrogens with one attached hydrogen (secondary N) is 2. The minimum Gasteiger partial charge on any atom is -0.396 e. The molecule has 0 aliphatic heterocycles. The molecule has 20 heavy (non-hydrogen) atoms. The van der Waals surface area contributed by atoms with Crippen LogP contribution in [-0.2, 0) is 16.0 Å². The second kappa shape index (κ2) is 9.06. The van der Waals surface area contributed by atoms with Crippen LogP contribution in [0, 0.1) is 0 Å². The molecule has 110 valence electrons. The molecule has 0 bridgehead atoms. The van der Waals surface area contributed by atoms with Gasteiger partial charge in [-0.2, -0.15) is 0 Å². The van der Waals surface area contributed by atoms with Crippen LogP contribution in [0.15, 0.2) is 30.3 Å². The number of aliphatic hydroxyl groups is 2. The average molecular weight is 280 g/mol. The second-order valence-electron chi connectivity index (χ2n) is 4.33. The van der Waals surface area contributed by atoms with Gasteiger partial charge in [0.2, 0.25) is 11.8 Å². The van der Waals surface area contributed by atoms with Gasteiger partial charge in [0.05, 0.1) is 6.54 Å². The summed E-state index contributed by atoms with van der Waals surface area (Å²) in [6.07, 6.45) is -0.605. The first-order valence-corrected chi connectivity index (χ1v) is 6.50. The predicted octanol–water partition coefficient (Wildman–Crippen LogP) is -0.795. The van der Waals surface area contributed by atoms with Gasteiger partial charge >= 0.3 is 0 Å². The van der Waals surface area contributed by atoms with E-state index < -0.39 is 12.0 Å². The van der Waals surface area contributed by atoms with Crippen molar-refractivity contribution in [3.63, 3.8) is 0 Å². The normalized spacial score (nSPS) is 11.7. The molecule has 0 fully saturated rings. The molecule has 1 aromatic rings.